The van der Waals surface area contributed by atoms with Crippen LogP contribution >= 0.6 is 0 Å². The smallest absolute Gasteiger partial charge is 0.432 e. The average Bonchev–Trinajstić information content (AvgIpc) is 2.30. The summed E-state index contributed by atoms with van der Waals surface area (Å²) in [6.45, 7) is 2.15. The zero-order valence-corrected chi connectivity index (χ0v) is 12.4. The van der Waals surface area contributed by atoms with Crippen molar-refractivity contribution in [1.29, 1.82) is 0 Å². The monoisotopic (exact) mass is 358 g/mol. The predicted octanol–water partition coefficient (Wildman–Crippen LogP) is 0.266. The van der Waals surface area contributed by atoms with E-state index in [1.807, 2.05) is 0 Å². The zero-order valence-electron chi connectivity index (χ0n) is 11.6. The molecule has 22 heavy (non-hydrogen) atoms. The van der Waals surface area contributed by atoms with Crippen molar-refractivity contribution in [2.24, 2.45) is 5.73 Å². The molecule has 0 aromatic heterocycles. The minimum atomic E-state index is -6.49. The second-order valence-electron chi connectivity index (χ2n) is 4.60. The van der Waals surface area contributed by atoms with E-state index in [-0.39, 0.29) is 0 Å². The van der Waals surface area contributed by atoms with Crippen LogP contribution in [0.3, 0.4) is 0 Å². The Labute approximate surface area is 122 Å². The van der Waals surface area contributed by atoms with Gasteiger partial charge >= 0.3 is 27.5 Å². The lowest BCUT2D eigenvalue weighted by atomic mass is 9.94. The zero-order chi connectivity index (χ0) is 18.1. The SMILES string of the molecule is CNC(C)(C(=O)OC(C(F)(F)F)C(F)(F)S(=O)(=O)O)C(C)N. The predicted molar refractivity (Wildman–Crippen MR) is 63.5 cm³/mol. The Morgan fingerprint density at radius 3 is 1.91 bits per heavy atom. The molecular weight excluding hydrogens is 343 g/mol. The van der Waals surface area contributed by atoms with Gasteiger partial charge in [0.1, 0.15) is 5.54 Å². The van der Waals surface area contributed by atoms with Gasteiger partial charge in [-0.3, -0.25) is 4.55 Å². The third kappa shape index (κ3) is 4.02. The highest BCUT2D eigenvalue weighted by molar-refractivity contribution is 7.86. The molecule has 0 aliphatic rings. The fourth-order valence-electron chi connectivity index (χ4n) is 1.21. The number of ether oxygens (including phenoxy) is 1. The number of halogens is 5. The Hall–Kier alpha value is -1.05. The van der Waals surface area contributed by atoms with Gasteiger partial charge in [0.05, 0.1) is 0 Å². The quantitative estimate of drug-likeness (QED) is 0.354. The Kier molecular flexibility index (Phi) is 5.92. The van der Waals surface area contributed by atoms with Crippen molar-refractivity contribution in [3.8, 4) is 0 Å². The first-order valence-electron chi connectivity index (χ1n) is 5.59. The average molecular weight is 358 g/mol. The number of likely N-dealkylation sites (N-methyl/N-ethyl adjacent to an activating group) is 1. The van der Waals surface area contributed by atoms with Crippen molar-refractivity contribution in [2.45, 2.75) is 43.0 Å². The molecule has 0 saturated carbocycles. The summed E-state index contributed by atoms with van der Waals surface area (Å²) in [6.07, 6.45) is -10.4. The molecule has 0 rings (SSSR count). The van der Waals surface area contributed by atoms with E-state index < -0.39 is 45.2 Å². The van der Waals surface area contributed by atoms with Gasteiger partial charge in [-0.05, 0) is 20.9 Å². The van der Waals surface area contributed by atoms with E-state index in [0.29, 0.717) is 0 Å². The number of rotatable bonds is 6. The first-order chi connectivity index (χ1) is 9.51. The highest BCUT2D eigenvalue weighted by Gasteiger charge is 2.66. The number of nitrogens with one attached hydrogen (secondary N) is 1. The third-order valence-corrected chi connectivity index (χ3v) is 3.93. The Balaban J connectivity index is 5.79. The van der Waals surface area contributed by atoms with Crippen molar-refractivity contribution >= 4 is 16.1 Å². The highest BCUT2D eigenvalue weighted by Crippen LogP contribution is 2.38. The normalized spacial score (nSPS) is 19.2. The van der Waals surface area contributed by atoms with Crippen molar-refractivity contribution in [3.63, 3.8) is 0 Å². The number of nitrogens with two attached hydrogens (primary N) is 1. The fraction of sp³-hybridized carbons (Fsp3) is 0.889. The van der Waals surface area contributed by atoms with Crippen LogP contribution in [-0.4, -0.2) is 55.1 Å². The molecule has 0 aromatic rings. The lowest BCUT2D eigenvalue weighted by Crippen LogP contribution is -2.62. The van der Waals surface area contributed by atoms with E-state index in [1.165, 1.54) is 6.92 Å². The lowest BCUT2D eigenvalue weighted by molar-refractivity contribution is -0.261. The largest absolute Gasteiger partial charge is 0.443 e. The topological polar surface area (TPSA) is 119 Å². The standard InChI is InChI=1S/C9H15F5N2O5S/c1-4(15)7(2,16-3)6(17)21-5(8(10,11)12)9(13,14)22(18,19)20/h4-5,16H,15H2,1-3H3,(H,18,19,20). The first kappa shape index (κ1) is 20.9. The summed E-state index contributed by atoms with van der Waals surface area (Å²) in [6, 6.07) is -1.17. The summed E-state index contributed by atoms with van der Waals surface area (Å²) in [4.78, 5) is 11.7. The van der Waals surface area contributed by atoms with Crippen molar-refractivity contribution < 1.29 is 44.5 Å². The third-order valence-electron chi connectivity index (χ3n) is 3.03. The van der Waals surface area contributed by atoms with E-state index in [4.69, 9.17) is 10.3 Å². The van der Waals surface area contributed by atoms with E-state index in [0.717, 1.165) is 14.0 Å². The molecule has 0 spiro atoms. The lowest BCUT2D eigenvalue weighted by Gasteiger charge is -2.34. The molecule has 0 amide bonds. The van der Waals surface area contributed by atoms with Gasteiger partial charge in [-0.1, -0.05) is 0 Å². The molecule has 0 bridgehead atoms. The number of carbonyl (C=O) groups excluding carboxylic acids is 1. The molecule has 0 fully saturated rings. The van der Waals surface area contributed by atoms with Gasteiger partial charge in [0, 0.05) is 6.04 Å². The summed E-state index contributed by atoms with van der Waals surface area (Å²) < 4.78 is 97.1. The van der Waals surface area contributed by atoms with Crippen LogP contribution in [0.25, 0.3) is 0 Å². The molecular formula is C9H15F5N2O5S. The van der Waals surface area contributed by atoms with Gasteiger partial charge in [-0.15, -0.1) is 0 Å². The fourth-order valence-corrected chi connectivity index (χ4v) is 1.66. The van der Waals surface area contributed by atoms with Crippen molar-refractivity contribution in [1.82, 2.24) is 5.32 Å². The second-order valence-corrected chi connectivity index (χ2v) is 6.10. The second kappa shape index (κ2) is 6.22. The molecule has 3 unspecified atom stereocenters. The molecule has 132 valence electrons. The summed E-state index contributed by atoms with van der Waals surface area (Å²) in [7, 11) is -5.38. The van der Waals surface area contributed by atoms with Gasteiger partial charge in [0.25, 0.3) is 6.10 Å². The number of hydrogen-bond donors (Lipinski definition) is 3. The molecule has 0 radical (unpaired) electrons. The molecule has 3 atom stereocenters. The maximum absolute atomic E-state index is 13.3. The van der Waals surface area contributed by atoms with Crippen molar-refractivity contribution in [3.05, 3.63) is 0 Å². The van der Waals surface area contributed by atoms with Gasteiger partial charge in [0.2, 0.25) is 0 Å². The van der Waals surface area contributed by atoms with Crippen LogP contribution in [0.1, 0.15) is 13.8 Å². The summed E-state index contributed by atoms with van der Waals surface area (Å²) in [5.41, 5.74) is 3.36. The van der Waals surface area contributed by atoms with Gasteiger partial charge in [-0.25, -0.2) is 4.79 Å². The molecule has 0 heterocycles. The highest BCUT2D eigenvalue weighted by atomic mass is 32.2. The molecule has 0 saturated heterocycles. The van der Waals surface area contributed by atoms with Gasteiger partial charge in [0.15, 0.2) is 0 Å². The van der Waals surface area contributed by atoms with Crippen LogP contribution in [0.2, 0.25) is 0 Å². The molecule has 0 aliphatic heterocycles. The number of carbonyl (C=O) groups is 1. The van der Waals surface area contributed by atoms with Crippen LogP contribution in [-0.2, 0) is 19.6 Å². The molecule has 0 aliphatic carbocycles. The Morgan fingerprint density at radius 1 is 1.27 bits per heavy atom. The van der Waals surface area contributed by atoms with Crippen LogP contribution in [0.5, 0.6) is 0 Å². The summed E-state index contributed by atoms with van der Waals surface area (Å²) in [5.74, 6) is -1.87. The minimum absolute atomic E-state index is 0.971. The van der Waals surface area contributed by atoms with E-state index in [2.05, 4.69) is 10.1 Å². The molecule has 13 heteroatoms. The van der Waals surface area contributed by atoms with Crippen LogP contribution in [0, 0.1) is 0 Å². The van der Waals surface area contributed by atoms with E-state index >= 15 is 0 Å². The molecule has 4 N–H and O–H groups in total. The van der Waals surface area contributed by atoms with Gasteiger partial charge < -0.3 is 15.8 Å². The number of alkyl halides is 5. The van der Waals surface area contributed by atoms with E-state index in [9.17, 15) is 35.2 Å². The van der Waals surface area contributed by atoms with Crippen LogP contribution < -0.4 is 11.1 Å². The Bertz CT molecular complexity index is 521. The number of hydrogen-bond acceptors (Lipinski definition) is 6. The number of esters is 1. The molecule has 0 aromatic carbocycles. The van der Waals surface area contributed by atoms with Crippen LogP contribution in [0.4, 0.5) is 22.0 Å². The summed E-state index contributed by atoms with van der Waals surface area (Å²) in [5, 5.41) is -3.58. The minimum Gasteiger partial charge on any atom is -0.443 e. The molecule has 7 nitrogen and oxygen atoms in total. The maximum Gasteiger partial charge on any atom is 0.432 e. The maximum atomic E-state index is 13.3. The Morgan fingerprint density at radius 2 is 1.68 bits per heavy atom. The van der Waals surface area contributed by atoms with Crippen LogP contribution in [0.15, 0.2) is 0 Å². The summed E-state index contributed by atoms with van der Waals surface area (Å²) >= 11 is 0. The van der Waals surface area contributed by atoms with E-state index in [1.54, 1.807) is 0 Å². The van der Waals surface area contributed by atoms with Gasteiger partial charge in [-0.2, -0.15) is 30.4 Å². The first-order valence-corrected chi connectivity index (χ1v) is 7.03. The van der Waals surface area contributed by atoms with Crippen molar-refractivity contribution in [2.75, 3.05) is 7.05 Å².